The van der Waals surface area contributed by atoms with Gasteiger partial charge in [0.15, 0.2) is 5.58 Å². The molecular formula is C61H39NO. The van der Waals surface area contributed by atoms with Crippen LogP contribution in [0, 0.1) is 0 Å². The minimum absolute atomic E-state index is 0.669. The van der Waals surface area contributed by atoms with Crippen molar-refractivity contribution in [2.45, 2.75) is 5.41 Å². The van der Waals surface area contributed by atoms with Crippen LogP contribution < -0.4 is 4.90 Å². The molecule has 11 aromatic rings. The van der Waals surface area contributed by atoms with E-state index in [4.69, 9.17) is 4.42 Å². The Morgan fingerprint density at radius 1 is 0.333 bits per heavy atom. The molecule has 0 saturated carbocycles. The van der Waals surface area contributed by atoms with E-state index >= 15 is 0 Å². The summed E-state index contributed by atoms with van der Waals surface area (Å²) in [6, 6.07) is 86.4. The van der Waals surface area contributed by atoms with Crippen molar-refractivity contribution >= 4 is 39.0 Å². The second-order valence-corrected chi connectivity index (χ2v) is 16.7. The number of furan rings is 1. The molecule has 0 bridgehead atoms. The second kappa shape index (κ2) is 13.9. The van der Waals surface area contributed by atoms with Crippen molar-refractivity contribution in [3.05, 3.63) is 259 Å². The van der Waals surface area contributed by atoms with E-state index in [1.165, 1.54) is 77.9 Å². The Morgan fingerprint density at radius 2 is 0.810 bits per heavy atom. The van der Waals surface area contributed by atoms with Gasteiger partial charge in [-0.2, -0.15) is 0 Å². The van der Waals surface area contributed by atoms with E-state index in [0.717, 1.165) is 39.0 Å². The fraction of sp³-hybridized carbons (Fsp3) is 0.0164. The lowest BCUT2D eigenvalue weighted by Crippen LogP contribution is -2.28. The molecular weight excluding hydrogens is 763 g/mol. The lowest BCUT2D eigenvalue weighted by molar-refractivity contribution is 0.667. The molecule has 0 radical (unpaired) electrons. The summed E-state index contributed by atoms with van der Waals surface area (Å²) in [5.74, 6) is 0. The number of hydrogen-bond acceptors (Lipinski definition) is 2. The third kappa shape index (κ3) is 5.19. The minimum atomic E-state index is -0.669. The van der Waals surface area contributed by atoms with Gasteiger partial charge in [-0.15, -0.1) is 0 Å². The van der Waals surface area contributed by atoms with E-state index in [-0.39, 0.29) is 0 Å². The molecule has 1 spiro atoms. The summed E-state index contributed by atoms with van der Waals surface area (Å²) in [6.45, 7) is 0. The van der Waals surface area contributed by atoms with E-state index < -0.39 is 5.41 Å². The molecule has 1 aromatic heterocycles. The quantitative estimate of drug-likeness (QED) is 0.167. The largest absolute Gasteiger partial charge is 0.454 e. The summed E-state index contributed by atoms with van der Waals surface area (Å²) in [5, 5.41) is 2.20. The molecule has 63 heavy (non-hydrogen) atoms. The predicted molar refractivity (Wildman–Crippen MR) is 261 cm³/mol. The smallest absolute Gasteiger partial charge is 0.159 e. The maximum atomic E-state index is 7.25. The molecule has 1 heterocycles. The van der Waals surface area contributed by atoms with Crippen LogP contribution in [0.4, 0.5) is 17.1 Å². The molecule has 1 unspecified atom stereocenters. The summed E-state index contributed by atoms with van der Waals surface area (Å²) < 4.78 is 7.25. The van der Waals surface area contributed by atoms with Crippen LogP contribution in [0.1, 0.15) is 22.3 Å². The summed E-state index contributed by atoms with van der Waals surface area (Å²) >= 11 is 0. The molecule has 10 aromatic carbocycles. The third-order valence-electron chi connectivity index (χ3n) is 13.5. The van der Waals surface area contributed by atoms with Crippen LogP contribution in [0.2, 0.25) is 0 Å². The van der Waals surface area contributed by atoms with Gasteiger partial charge in [0.05, 0.1) is 11.1 Å². The fourth-order valence-electron chi connectivity index (χ4n) is 10.8. The molecule has 2 aliphatic carbocycles. The zero-order valence-electron chi connectivity index (χ0n) is 34.4. The van der Waals surface area contributed by atoms with Crippen LogP contribution in [0.25, 0.3) is 77.6 Å². The molecule has 0 amide bonds. The first-order chi connectivity index (χ1) is 31.3. The van der Waals surface area contributed by atoms with Crippen molar-refractivity contribution in [1.29, 1.82) is 0 Å². The van der Waals surface area contributed by atoms with Crippen molar-refractivity contribution in [3.63, 3.8) is 0 Å². The number of rotatable bonds is 6. The lowest BCUT2D eigenvalue weighted by atomic mass is 9.69. The first kappa shape index (κ1) is 35.5. The van der Waals surface area contributed by atoms with Crippen LogP contribution >= 0.6 is 0 Å². The van der Waals surface area contributed by atoms with Crippen molar-refractivity contribution in [2.75, 3.05) is 4.90 Å². The zero-order valence-corrected chi connectivity index (χ0v) is 34.4. The maximum absolute atomic E-state index is 7.25. The number of fused-ring (bicyclic) bond motifs is 13. The number of anilines is 3. The van der Waals surface area contributed by atoms with Crippen LogP contribution in [-0.4, -0.2) is 0 Å². The molecule has 2 heteroatoms. The molecule has 0 aliphatic heterocycles. The highest BCUT2D eigenvalue weighted by atomic mass is 16.3. The van der Waals surface area contributed by atoms with Crippen molar-refractivity contribution < 1.29 is 4.42 Å². The Labute approximate surface area is 366 Å². The van der Waals surface area contributed by atoms with Crippen molar-refractivity contribution in [3.8, 4) is 55.6 Å². The number of benzene rings is 10. The van der Waals surface area contributed by atoms with Gasteiger partial charge in [0, 0.05) is 27.7 Å². The van der Waals surface area contributed by atoms with E-state index in [1.54, 1.807) is 0 Å². The highest BCUT2D eigenvalue weighted by Crippen LogP contribution is 2.67. The molecule has 0 N–H and O–H groups in total. The minimum Gasteiger partial charge on any atom is -0.454 e. The van der Waals surface area contributed by atoms with Gasteiger partial charge in [0.25, 0.3) is 0 Å². The zero-order chi connectivity index (χ0) is 41.5. The van der Waals surface area contributed by atoms with E-state index in [9.17, 15) is 0 Å². The van der Waals surface area contributed by atoms with Crippen molar-refractivity contribution in [1.82, 2.24) is 0 Å². The average Bonchev–Trinajstić information content (AvgIpc) is 3.99. The lowest BCUT2D eigenvalue weighted by Gasteiger charge is -2.36. The van der Waals surface area contributed by atoms with Crippen molar-refractivity contribution in [2.24, 2.45) is 0 Å². The second-order valence-electron chi connectivity index (χ2n) is 16.7. The molecule has 0 saturated heterocycles. The highest BCUT2D eigenvalue weighted by molar-refractivity contribution is 6.16. The van der Waals surface area contributed by atoms with Gasteiger partial charge in [0.2, 0.25) is 0 Å². The Balaban J connectivity index is 1.18. The monoisotopic (exact) mass is 801 g/mol. The predicted octanol–water partition coefficient (Wildman–Crippen LogP) is 16.4. The van der Waals surface area contributed by atoms with Crippen LogP contribution in [0.5, 0.6) is 0 Å². The normalized spacial score (nSPS) is 14.4. The number of para-hydroxylation sites is 1. The molecule has 13 rings (SSSR count). The van der Waals surface area contributed by atoms with Gasteiger partial charge in [-0.3, -0.25) is 0 Å². The number of hydrogen-bond donors (Lipinski definition) is 0. The first-order valence-corrected chi connectivity index (χ1v) is 21.8. The van der Waals surface area contributed by atoms with E-state index in [1.807, 2.05) is 0 Å². The summed E-state index contributed by atoms with van der Waals surface area (Å²) in [6.07, 6.45) is 0. The first-order valence-electron chi connectivity index (χ1n) is 21.8. The van der Waals surface area contributed by atoms with Crippen LogP contribution in [0.15, 0.2) is 241 Å². The Morgan fingerprint density at radius 3 is 1.44 bits per heavy atom. The average molecular weight is 802 g/mol. The molecule has 2 nitrogen and oxygen atoms in total. The Bertz CT molecular complexity index is 3450. The van der Waals surface area contributed by atoms with Gasteiger partial charge in [-0.25, -0.2) is 0 Å². The number of nitrogens with zero attached hydrogens (tertiary/aromatic N) is 1. The van der Waals surface area contributed by atoms with E-state index in [2.05, 4.69) is 241 Å². The topological polar surface area (TPSA) is 16.4 Å². The molecule has 294 valence electrons. The van der Waals surface area contributed by atoms with Gasteiger partial charge < -0.3 is 9.32 Å². The Hall–Kier alpha value is -8.20. The van der Waals surface area contributed by atoms with Gasteiger partial charge >= 0.3 is 0 Å². The molecule has 0 fully saturated rings. The summed E-state index contributed by atoms with van der Waals surface area (Å²) in [5.41, 5.74) is 21.5. The van der Waals surface area contributed by atoms with Crippen LogP contribution in [-0.2, 0) is 5.41 Å². The maximum Gasteiger partial charge on any atom is 0.159 e. The van der Waals surface area contributed by atoms with Gasteiger partial charge in [0.1, 0.15) is 5.58 Å². The summed E-state index contributed by atoms with van der Waals surface area (Å²) in [7, 11) is 0. The summed E-state index contributed by atoms with van der Waals surface area (Å²) in [4.78, 5) is 2.47. The third-order valence-corrected chi connectivity index (χ3v) is 13.5. The SMILES string of the molecule is c1ccc(-c2ccc(N(c3ccc(-c4ccccc4)cc3)c3c4c(cc5c3oc3ccccc35)-c3ccccc3C43c4ccccc4-c4c(-c5ccccc5)cccc43)cc2)cc1. The highest BCUT2D eigenvalue weighted by Gasteiger charge is 2.54. The van der Waals surface area contributed by atoms with E-state index in [0.29, 0.717) is 0 Å². The standard InChI is InChI=1S/C61H39NO/c1-4-17-40(18-5-1)42-31-35-45(36-32-42)62(46-37-33-43(34-38-46)41-19-6-2-7-20-41)59-58-51(39-52-49-24-12-15-30-56(49)63-60(52)59)48-23-10-13-27-53(48)61(58)54-28-14-11-25-50(54)57-47(26-16-29-55(57)61)44-21-8-3-9-22-44/h1-39H. The van der Waals surface area contributed by atoms with Gasteiger partial charge in [-0.1, -0.05) is 200 Å². The molecule has 1 atom stereocenters. The molecule has 2 aliphatic rings. The van der Waals surface area contributed by atoms with Crippen LogP contribution in [0.3, 0.4) is 0 Å². The Kier molecular flexibility index (Phi) is 7.85. The van der Waals surface area contributed by atoms with Gasteiger partial charge in [-0.05, 0) is 109 Å². The fourth-order valence-corrected chi connectivity index (χ4v) is 10.8.